The number of hydrogen-bond donors (Lipinski definition) is 0. The Morgan fingerprint density at radius 1 is 0.875 bits per heavy atom. The monoisotopic (exact) mass is 332 g/mol. The number of nitrogens with zero attached hydrogens (tertiary/aromatic N) is 1. The second-order valence-electron chi connectivity index (χ2n) is 6.68. The van der Waals surface area contributed by atoms with Crippen LogP contribution < -0.4 is 0 Å². The van der Waals surface area contributed by atoms with Gasteiger partial charge in [0.2, 0.25) is 0 Å². The molecule has 0 aromatic heterocycles. The van der Waals surface area contributed by atoms with E-state index in [4.69, 9.17) is 0 Å². The second-order valence-corrected chi connectivity index (χ2v) is 6.68. The predicted molar refractivity (Wildman–Crippen MR) is 99.7 cm³/mol. The third kappa shape index (κ3) is 7.48. The molecule has 1 amide bonds. The zero-order valence-electron chi connectivity index (χ0n) is 15.7. The molecule has 1 rings (SSSR count). The number of amides is 1. The molecule has 1 aromatic rings. The van der Waals surface area contributed by atoms with Gasteiger partial charge < -0.3 is 4.90 Å². The molecule has 1 unspecified atom stereocenters. The van der Waals surface area contributed by atoms with Crippen LogP contribution in [0.1, 0.15) is 94.2 Å². The van der Waals surface area contributed by atoms with Gasteiger partial charge in [0.25, 0.3) is 5.91 Å². The molecule has 0 saturated heterocycles. The van der Waals surface area contributed by atoms with Crippen molar-refractivity contribution in [3.05, 3.63) is 35.4 Å². The van der Waals surface area contributed by atoms with E-state index in [1.54, 1.807) is 31.2 Å². The lowest BCUT2D eigenvalue weighted by molar-refractivity contribution is 0.0748. The standard InChI is InChI=1S/C21H34NO2/c1-4-6-8-10-16-22(17-11-9-7-5-2)21(24)20-14-12-19(13-15-20)18(3)23/h12-15,18H,4-11,16-17H2,1-3H3. The molecule has 0 heterocycles. The molecular weight excluding hydrogens is 298 g/mol. The van der Waals surface area contributed by atoms with E-state index < -0.39 is 6.10 Å². The Morgan fingerprint density at radius 2 is 1.38 bits per heavy atom. The summed E-state index contributed by atoms with van der Waals surface area (Å²) in [6.07, 6.45) is 8.64. The lowest BCUT2D eigenvalue weighted by atomic mass is 10.1. The van der Waals surface area contributed by atoms with Crippen LogP contribution in [0.15, 0.2) is 24.3 Å². The van der Waals surface area contributed by atoms with Crippen LogP contribution in [0.25, 0.3) is 0 Å². The first kappa shape index (κ1) is 20.7. The van der Waals surface area contributed by atoms with Crippen molar-refractivity contribution in [3.8, 4) is 0 Å². The lowest BCUT2D eigenvalue weighted by Gasteiger charge is -2.23. The van der Waals surface area contributed by atoms with Gasteiger partial charge in [-0.25, -0.2) is 5.11 Å². The first-order valence-corrected chi connectivity index (χ1v) is 9.65. The molecule has 1 radical (unpaired) electrons. The number of carbonyl (C=O) groups excluding carboxylic acids is 1. The first-order chi connectivity index (χ1) is 11.6. The highest BCUT2D eigenvalue weighted by molar-refractivity contribution is 5.94. The van der Waals surface area contributed by atoms with E-state index in [1.807, 2.05) is 4.90 Å². The third-order valence-electron chi connectivity index (χ3n) is 4.48. The van der Waals surface area contributed by atoms with Crippen molar-refractivity contribution < 1.29 is 9.90 Å². The summed E-state index contributed by atoms with van der Waals surface area (Å²) < 4.78 is 0. The minimum Gasteiger partial charge on any atom is -0.339 e. The minimum atomic E-state index is -0.742. The van der Waals surface area contributed by atoms with Crippen LogP contribution >= 0.6 is 0 Å². The number of benzene rings is 1. The van der Waals surface area contributed by atoms with E-state index in [2.05, 4.69) is 13.8 Å². The van der Waals surface area contributed by atoms with Crippen LogP contribution in [0.5, 0.6) is 0 Å². The molecule has 24 heavy (non-hydrogen) atoms. The van der Waals surface area contributed by atoms with Crippen LogP contribution in [0.2, 0.25) is 0 Å². The van der Waals surface area contributed by atoms with Crippen molar-refractivity contribution in [2.45, 2.75) is 78.2 Å². The van der Waals surface area contributed by atoms with Gasteiger partial charge in [0.05, 0.1) is 0 Å². The molecule has 0 spiro atoms. The quantitative estimate of drug-likeness (QED) is 0.447. The van der Waals surface area contributed by atoms with Crippen LogP contribution in [0.3, 0.4) is 0 Å². The molecule has 3 nitrogen and oxygen atoms in total. The predicted octanol–water partition coefficient (Wildman–Crippen LogP) is 5.78. The Balaban J connectivity index is 2.65. The van der Waals surface area contributed by atoms with Gasteiger partial charge >= 0.3 is 0 Å². The van der Waals surface area contributed by atoms with E-state index in [-0.39, 0.29) is 5.91 Å². The van der Waals surface area contributed by atoms with Gasteiger partial charge in [0.1, 0.15) is 6.10 Å². The first-order valence-electron chi connectivity index (χ1n) is 9.65. The fourth-order valence-corrected chi connectivity index (χ4v) is 2.85. The van der Waals surface area contributed by atoms with Gasteiger partial charge in [-0.3, -0.25) is 4.79 Å². The highest BCUT2D eigenvalue weighted by Gasteiger charge is 2.15. The largest absolute Gasteiger partial charge is 0.339 e. The zero-order valence-corrected chi connectivity index (χ0v) is 15.7. The molecule has 135 valence electrons. The maximum atomic E-state index is 12.8. The average Bonchev–Trinajstić information content (AvgIpc) is 2.60. The molecule has 0 bridgehead atoms. The van der Waals surface area contributed by atoms with E-state index in [0.717, 1.165) is 31.5 Å². The van der Waals surface area contributed by atoms with Gasteiger partial charge in [-0.2, -0.15) is 0 Å². The van der Waals surface area contributed by atoms with Crippen LogP contribution in [-0.2, 0) is 5.11 Å². The third-order valence-corrected chi connectivity index (χ3v) is 4.48. The molecule has 0 aliphatic carbocycles. The summed E-state index contributed by atoms with van der Waals surface area (Å²) in [5.74, 6) is 0.105. The topological polar surface area (TPSA) is 40.2 Å². The van der Waals surface area contributed by atoms with Crippen molar-refractivity contribution in [1.29, 1.82) is 0 Å². The highest BCUT2D eigenvalue weighted by atomic mass is 16.3. The smallest absolute Gasteiger partial charge is 0.253 e. The van der Waals surface area contributed by atoms with Crippen molar-refractivity contribution in [2.24, 2.45) is 0 Å². The fourth-order valence-electron chi connectivity index (χ4n) is 2.85. The molecule has 0 fully saturated rings. The Kier molecular flexibility index (Phi) is 10.4. The molecular formula is C21H34NO2. The van der Waals surface area contributed by atoms with Crippen LogP contribution in [0, 0.1) is 0 Å². The summed E-state index contributed by atoms with van der Waals surface area (Å²) in [7, 11) is 0. The SMILES string of the molecule is CCCCCCN(CCCCCC)C(=O)c1ccc(C(C)[O])cc1. The molecule has 3 heteroatoms. The molecule has 0 aliphatic heterocycles. The molecule has 1 aromatic carbocycles. The number of hydrogen-bond acceptors (Lipinski definition) is 1. The average molecular weight is 333 g/mol. The Morgan fingerprint density at radius 3 is 1.79 bits per heavy atom. The number of rotatable bonds is 12. The van der Waals surface area contributed by atoms with E-state index in [0.29, 0.717) is 5.56 Å². The summed E-state index contributed by atoms with van der Waals surface area (Å²) in [5, 5.41) is 11.5. The van der Waals surface area contributed by atoms with Crippen LogP contribution in [-0.4, -0.2) is 23.9 Å². The fraction of sp³-hybridized carbons (Fsp3) is 0.667. The summed E-state index contributed by atoms with van der Waals surface area (Å²) in [5.41, 5.74) is 1.44. The Labute approximate surface area is 148 Å². The molecule has 0 saturated carbocycles. The van der Waals surface area contributed by atoms with Gasteiger partial charge in [-0.15, -0.1) is 0 Å². The van der Waals surface area contributed by atoms with Gasteiger partial charge in [-0.05, 0) is 37.5 Å². The van der Waals surface area contributed by atoms with Crippen LogP contribution in [0.4, 0.5) is 0 Å². The Hall–Kier alpha value is -1.35. The number of unbranched alkanes of at least 4 members (excludes halogenated alkanes) is 6. The van der Waals surface area contributed by atoms with Crippen molar-refractivity contribution in [1.82, 2.24) is 4.90 Å². The number of carbonyl (C=O) groups is 1. The minimum absolute atomic E-state index is 0.105. The van der Waals surface area contributed by atoms with Crippen molar-refractivity contribution in [3.63, 3.8) is 0 Å². The Bertz CT molecular complexity index is 441. The van der Waals surface area contributed by atoms with Gasteiger partial charge in [-0.1, -0.05) is 64.5 Å². The maximum absolute atomic E-state index is 12.8. The van der Waals surface area contributed by atoms with Gasteiger partial charge in [0.15, 0.2) is 0 Å². The summed E-state index contributed by atoms with van der Waals surface area (Å²) in [4.78, 5) is 14.8. The van der Waals surface area contributed by atoms with Crippen molar-refractivity contribution in [2.75, 3.05) is 13.1 Å². The zero-order chi connectivity index (χ0) is 17.8. The summed E-state index contributed by atoms with van der Waals surface area (Å²) >= 11 is 0. The van der Waals surface area contributed by atoms with E-state index in [9.17, 15) is 9.90 Å². The summed E-state index contributed by atoms with van der Waals surface area (Å²) in [6.45, 7) is 7.71. The summed E-state index contributed by atoms with van der Waals surface area (Å²) in [6, 6.07) is 7.18. The van der Waals surface area contributed by atoms with E-state index >= 15 is 0 Å². The van der Waals surface area contributed by atoms with Gasteiger partial charge in [0, 0.05) is 18.7 Å². The normalized spacial score (nSPS) is 12.2. The molecule has 0 N–H and O–H groups in total. The molecule has 0 aliphatic rings. The van der Waals surface area contributed by atoms with E-state index in [1.165, 1.54) is 38.5 Å². The maximum Gasteiger partial charge on any atom is 0.253 e. The highest BCUT2D eigenvalue weighted by Crippen LogP contribution is 2.16. The van der Waals surface area contributed by atoms with Crippen molar-refractivity contribution >= 4 is 5.91 Å². The molecule has 1 atom stereocenters. The second kappa shape index (κ2) is 12.1. The lowest BCUT2D eigenvalue weighted by Crippen LogP contribution is -2.33.